The summed E-state index contributed by atoms with van der Waals surface area (Å²) in [5.74, 6) is 0.0369. The molecule has 0 aromatic rings. The standard InChI is InChI=1S/C15H31NO3Si/c1-10(2)20(11(3)4,12(5)6)19-9-14(17)13-7-15(18)16-8-13/h10-14,17H,7-9H2,1-6H3,(H,16,18). The van der Waals surface area contributed by atoms with Gasteiger partial charge in [-0.15, -0.1) is 0 Å². The van der Waals surface area contributed by atoms with E-state index >= 15 is 0 Å². The van der Waals surface area contributed by atoms with Crippen molar-refractivity contribution in [2.45, 2.75) is 70.7 Å². The minimum absolute atomic E-state index is 0.000636. The summed E-state index contributed by atoms with van der Waals surface area (Å²) in [5, 5.41) is 13.1. The largest absolute Gasteiger partial charge is 0.413 e. The maximum Gasteiger partial charge on any atom is 0.220 e. The van der Waals surface area contributed by atoms with Gasteiger partial charge in [0.1, 0.15) is 0 Å². The van der Waals surface area contributed by atoms with Gasteiger partial charge in [-0.3, -0.25) is 4.79 Å². The molecule has 0 spiro atoms. The van der Waals surface area contributed by atoms with Crippen molar-refractivity contribution in [3.63, 3.8) is 0 Å². The van der Waals surface area contributed by atoms with Crippen molar-refractivity contribution in [3.05, 3.63) is 0 Å². The Morgan fingerprint density at radius 1 is 1.20 bits per heavy atom. The summed E-state index contributed by atoms with van der Waals surface area (Å²) in [6.07, 6.45) is -0.124. The Balaban J connectivity index is 2.69. The van der Waals surface area contributed by atoms with E-state index in [1.165, 1.54) is 0 Å². The normalized spacial score (nSPS) is 21.9. The van der Waals surface area contributed by atoms with Gasteiger partial charge in [-0.05, 0) is 16.6 Å². The third-order valence-corrected chi connectivity index (χ3v) is 10.8. The van der Waals surface area contributed by atoms with E-state index in [2.05, 4.69) is 46.9 Å². The molecule has 0 aliphatic carbocycles. The van der Waals surface area contributed by atoms with Crippen LogP contribution in [0.1, 0.15) is 48.0 Å². The van der Waals surface area contributed by atoms with Crippen molar-refractivity contribution >= 4 is 14.2 Å². The molecule has 4 nitrogen and oxygen atoms in total. The number of carbonyl (C=O) groups is 1. The SMILES string of the molecule is CC(C)[Si](OCC(O)C1CNC(=O)C1)(C(C)C)C(C)C. The van der Waals surface area contributed by atoms with Gasteiger partial charge in [0, 0.05) is 18.9 Å². The number of aliphatic hydroxyl groups excluding tert-OH is 1. The highest BCUT2D eigenvalue weighted by Crippen LogP contribution is 2.42. The molecule has 0 radical (unpaired) electrons. The molecule has 2 atom stereocenters. The molecule has 1 heterocycles. The van der Waals surface area contributed by atoms with Gasteiger partial charge in [0.15, 0.2) is 8.32 Å². The fourth-order valence-corrected chi connectivity index (χ4v) is 9.22. The molecule has 5 heteroatoms. The first kappa shape index (κ1) is 17.7. The first-order chi connectivity index (χ1) is 9.21. The molecule has 1 fully saturated rings. The Hall–Kier alpha value is -0.393. The molecule has 1 rings (SSSR count). The van der Waals surface area contributed by atoms with Gasteiger partial charge < -0.3 is 14.8 Å². The van der Waals surface area contributed by atoms with Crippen LogP contribution in [0.5, 0.6) is 0 Å². The van der Waals surface area contributed by atoms with Gasteiger partial charge in [0.2, 0.25) is 5.91 Å². The first-order valence-electron chi connectivity index (χ1n) is 7.80. The van der Waals surface area contributed by atoms with Gasteiger partial charge in [0.05, 0.1) is 12.7 Å². The smallest absolute Gasteiger partial charge is 0.220 e. The van der Waals surface area contributed by atoms with E-state index in [0.717, 1.165) is 0 Å². The average Bonchev–Trinajstić information content (AvgIpc) is 2.75. The van der Waals surface area contributed by atoms with Crippen molar-refractivity contribution in [3.8, 4) is 0 Å². The van der Waals surface area contributed by atoms with Crippen LogP contribution in [0.3, 0.4) is 0 Å². The van der Waals surface area contributed by atoms with Gasteiger partial charge in [-0.25, -0.2) is 0 Å². The van der Waals surface area contributed by atoms with E-state index in [0.29, 0.717) is 36.2 Å². The minimum Gasteiger partial charge on any atom is -0.413 e. The van der Waals surface area contributed by atoms with Crippen molar-refractivity contribution < 1.29 is 14.3 Å². The van der Waals surface area contributed by atoms with Crippen molar-refractivity contribution in [1.29, 1.82) is 0 Å². The Bertz CT molecular complexity index is 309. The number of amides is 1. The van der Waals surface area contributed by atoms with Crippen LogP contribution in [0.25, 0.3) is 0 Å². The van der Waals surface area contributed by atoms with Gasteiger partial charge in [-0.1, -0.05) is 41.5 Å². The second-order valence-electron chi connectivity index (χ2n) is 6.96. The van der Waals surface area contributed by atoms with E-state index in [1.54, 1.807) is 0 Å². The quantitative estimate of drug-likeness (QED) is 0.711. The van der Waals surface area contributed by atoms with E-state index < -0.39 is 14.4 Å². The molecule has 2 N–H and O–H groups in total. The molecule has 0 aromatic carbocycles. The average molecular weight is 302 g/mol. The summed E-state index contributed by atoms with van der Waals surface area (Å²) in [5.41, 5.74) is 1.54. The Morgan fingerprint density at radius 2 is 1.70 bits per heavy atom. The van der Waals surface area contributed by atoms with Crippen molar-refractivity contribution in [1.82, 2.24) is 5.32 Å². The lowest BCUT2D eigenvalue weighted by molar-refractivity contribution is -0.119. The molecular formula is C15H31NO3Si. The minimum atomic E-state index is -1.92. The zero-order valence-corrected chi connectivity index (χ0v) is 14.8. The second kappa shape index (κ2) is 7.05. The highest BCUT2D eigenvalue weighted by Gasteiger charge is 2.45. The molecule has 118 valence electrons. The number of hydrogen-bond donors (Lipinski definition) is 2. The van der Waals surface area contributed by atoms with E-state index in [4.69, 9.17) is 4.43 Å². The van der Waals surface area contributed by atoms with Crippen LogP contribution in [0, 0.1) is 5.92 Å². The number of hydrogen-bond acceptors (Lipinski definition) is 3. The molecule has 1 saturated heterocycles. The second-order valence-corrected chi connectivity index (χ2v) is 12.4. The topological polar surface area (TPSA) is 58.6 Å². The summed E-state index contributed by atoms with van der Waals surface area (Å²) in [7, 11) is -1.92. The lowest BCUT2D eigenvalue weighted by Gasteiger charge is -2.42. The summed E-state index contributed by atoms with van der Waals surface area (Å²) in [6.45, 7) is 14.3. The lowest BCUT2D eigenvalue weighted by atomic mass is 10.0. The predicted molar refractivity (Wildman–Crippen MR) is 84.1 cm³/mol. The van der Waals surface area contributed by atoms with Crippen LogP contribution in [0.15, 0.2) is 0 Å². The maximum absolute atomic E-state index is 11.2. The van der Waals surface area contributed by atoms with Crippen LogP contribution in [0.2, 0.25) is 16.6 Å². The molecule has 0 bridgehead atoms. The monoisotopic (exact) mass is 301 g/mol. The summed E-state index contributed by atoms with van der Waals surface area (Å²) >= 11 is 0. The van der Waals surface area contributed by atoms with E-state index in [9.17, 15) is 9.90 Å². The molecule has 20 heavy (non-hydrogen) atoms. The predicted octanol–water partition coefficient (Wildman–Crippen LogP) is 2.68. The molecule has 0 aromatic heterocycles. The van der Waals surface area contributed by atoms with Crippen molar-refractivity contribution in [2.24, 2.45) is 5.92 Å². The van der Waals surface area contributed by atoms with Crippen molar-refractivity contribution in [2.75, 3.05) is 13.2 Å². The number of carbonyl (C=O) groups excluding carboxylic acids is 1. The third-order valence-electron chi connectivity index (χ3n) is 4.76. The van der Waals surface area contributed by atoms with Crippen LogP contribution >= 0.6 is 0 Å². The molecule has 1 amide bonds. The highest BCUT2D eigenvalue weighted by atomic mass is 28.4. The highest BCUT2D eigenvalue weighted by molar-refractivity contribution is 6.77. The number of nitrogens with one attached hydrogen (secondary N) is 1. The Kier molecular flexibility index (Phi) is 6.22. The Labute approximate surface area is 124 Å². The Morgan fingerprint density at radius 3 is 2.05 bits per heavy atom. The van der Waals surface area contributed by atoms with Gasteiger partial charge >= 0.3 is 0 Å². The summed E-state index contributed by atoms with van der Waals surface area (Å²) in [6, 6.07) is 0. The summed E-state index contributed by atoms with van der Waals surface area (Å²) < 4.78 is 6.37. The zero-order chi connectivity index (χ0) is 15.5. The van der Waals surface area contributed by atoms with Crippen LogP contribution in [0.4, 0.5) is 0 Å². The molecule has 1 aliphatic rings. The molecular weight excluding hydrogens is 270 g/mol. The first-order valence-corrected chi connectivity index (χ1v) is 9.94. The fourth-order valence-electron chi connectivity index (χ4n) is 3.77. The lowest BCUT2D eigenvalue weighted by Crippen LogP contribution is -2.49. The zero-order valence-electron chi connectivity index (χ0n) is 13.8. The molecule has 2 unspecified atom stereocenters. The van der Waals surface area contributed by atoms with Gasteiger partial charge in [0.25, 0.3) is 0 Å². The third kappa shape index (κ3) is 3.62. The van der Waals surface area contributed by atoms with Crippen LogP contribution < -0.4 is 5.32 Å². The maximum atomic E-state index is 11.2. The fraction of sp³-hybridized carbons (Fsp3) is 0.933. The summed E-state index contributed by atoms with van der Waals surface area (Å²) in [4.78, 5) is 11.2. The number of aliphatic hydroxyl groups is 1. The molecule has 0 saturated carbocycles. The number of rotatable bonds is 7. The van der Waals surface area contributed by atoms with Crippen LogP contribution in [-0.4, -0.2) is 38.6 Å². The molecule has 1 aliphatic heterocycles. The van der Waals surface area contributed by atoms with E-state index in [-0.39, 0.29) is 11.8 Å². The van der Waals surface area contributed by atoms with E-state index in [1.807, 2.05) is 0 Å². The van der Waals surface area contributed by atoms with Gasteiger partial charge in [-0.2, -0.15) is 0 Å². The van der Waals surface area contributed by atoms with Crippen LogP contribution in [-0.2, 0) is 9.22 Å².